The number of nitrogens with two attached hydrogens (primary N) is 1. The van der Waals surface area contributed by atoms with Crippen LogP contribution in [0.3, 0.4) is 0 Å². The second-order valence-corrected chi connectivity index (χ2v) is 9.35. The Bertz CT molecular complexity index is 865. The van der Waals surface area contributed by atoms with Crippen molar-refractivity contribution in [3.05, 3.63) is 52.3 Å². The summed E-state index contributed by atoms with van der Waals surface area (Å²) in [5.74, 6) is 0.424. The summed E-state index contributed by atoms with van der Waals surface area (Å²) in [6.07, 6.45) is 2.08. The number of hydrogen-bond donors (Lipinski definition) is 1. The van der Waals surface area contributed by atoms with Crippen LogP contribution in [0.5, 0.6) is 0 Å². The van der Waals surface area contributed by atoms with Gasteiger partial charge in [0.25, 0.3) is 0 Å². The highest BCUT2D eigenvalue weighted by atomic mass is 35.5. The van der Waals surface area contributed by atoms with Crippen LogP contribution >= 0.6 is 24.8 Å². The molecular formula is C20H30Cl2N2O2S. The second-order valence-electron chi connectivity index (χ2n) is 7.21. The molecule has 0 radical (unpaired) electrons. The highest BCUT2D eigenvalue weighted by molar-refractivity contribution is 7.89. The van der Waals surface area contributed by atoms with Crippen LogP contribution in [0.1, 0.15) is 41.9 Å². The van der Waals surface area contributed by atoms with Crippen LogP contribution in [-0.2, 0) is 28.6 Å². The van der Waals surface area contributed by atoms with Crippen molar-refractivity contribution in [1.82, 2.24) is 4.98 Å². The number of nitrogens with zero attached hydrogens (tertiary/aromatic N) is 1. The van der Waals surface area contributed by atoms with Crippen molar-refractivity contribution in [2.45, 2.75) is 46.4 Å². The molecule has 0 aliphatic carbocycles. The van der Waals surface area contributed by atoms with E-state index in [2.05, 4.69) is 13.8 Å². The summed E-state index contributed by atoms with van der Waals surface area (Å²) >= 11 is 0. The van der Waals surface area contributed by atoms with E-state index in [-0.39, 0.29) is 30.6 Å². The maximum Gasteiger partial charge on any atom is 0.151 e. The number of hydrogen-bond acceptors (Lipinski definition) is 4. The predicted octanol–water partition coefficient (Wildman–Crippen LogP) is 4.41. The molecule has 152 valence electrons. The molecule has 1 aromatic carbocycles. The maximum atomic E-state index is 12.0. The van der Waals surface area contributed by atoms with Gasteiger partial charge in [-0.15, -0.1) is 24.8 Å². The van der Waals surface area contributed by atoms with E-state index < -0.39 is 9.84 Å². The van der Waals surface area contributed by atoms with Crippen LogP contribution in [-0.4, -0.2) is 19.7 Å². The molecule has 2 rings (SSSR count). The number of rotatable bonds is 6. The van der Waals surface area contributed by atoms with Crippen LogP contribution in [0, 0.1) is 19.8 Å². The molecule has 2 N–H and O–H groups in total. The Balaban J connectivity index is 0.00000338. The summed E-state index contributed by atoms with van der Waals surface area (Å²) < 4.78 is 24.0. The molecule has 0 aliphatic heterocycles. The Morgan fingerprint density at radius 3 is 2.04 bits per heavy atom. The average molecular weight is 433 g/mol. The first-order valence-electron chi connectivity index (χ1n) is 8.58. The Hall–Kier alpha value is -1.14. The Labute approximate surface area is 175 Å². The molecule has 0 atom stereocenters. The lowest BCUT2D eigenvalue weighted by molar-refractivity contribution is 0.600. The van der Waals surface area contributed by atoms with Gasteiger partial charge in [-0.3, -0.25) is 4.98 Å². The maximum absolute atomic E-state index is 12.0. The normalized spacial score (nSPS) is 11.1. The van der Waals surface area contributed by atoms with Crippen molar-refractivity contribution in [3.63, 3.8) is 0 Å². The lowest BCUT2D eigenvalue weighted by Gasteiger charge is -2.21. The molecule has 27 heavy (non-hydrogen) atoms. The number of pyridine rings is 1. The van der Waals surface area contributed by atoms with E-state index in [1.165, 1.54) is 6.26 Å². The van der Waals surface area contributed by atoms with Gasteiger partial charge in [0.1, 0.15) is 0 Å². The van der Waals surface area contributed by atoms with Gasteiger partial charge >= 0.3 is 0 Å². The Kier molecular flexibility index (Phi) is 9.98. The molecule has 0 fully saturated rings. The molecule has 0 aliphatic rings. The molecule has 7 heteroatoms. The highest BCUT2D eigenvalue weighted by Crippen LogP contribution is 2.33. The number of halogens is 2. The van der Waals surface area contributed by atoms with Crippen molar-refractivity contribution < 1.29 is 8.42 Å². The van der Waals surface area contributed by atoms with Gasteiger partial charge < -0.3 is 5.73 Å². The molecule has 0 unspecified atom stereocenters. The third-order valence-corrected chi connectivity index (χ3v) is 5.06. The first-order valence-corrected chi connectivity index (χ1v) is 10.6. The number of aromatic nitrogens is 1. The lowest BCUT2D eigenvalue weighted by atomic mass is 9.90. The topological polar surface area (TPSA) is 73.0 Å². The summed E-state index contributed by atoms with van der Waals surface area (Å²) in [7, 11) is -3.18. The van der Waals surface area contributed by atoms with E-state index in [9.17, 15) is 8.42 Å². The molecule has 2 aromatic rings. The fourth-order valence-electron chi connectivity index (χ4n) is 3.13. The molecule has 0 bridgehead atoms. The second kappa shape index (κ2) is 10.4. The van der Waals surface area contributed by atoms with Crippen LogP contribution < -0.4 is 5.73 Å². The molecular weight excluding hydrogens is 403 g/mol. The van der Waals surface area contributed by atoms with Gasteiger partial charge in [-0.05, 0) is 48.4 Å². The number of sulfone groups is 1. The van der Waals surface area contributed by atoms with Crippen LogP contribution in [0.2, 0.25) is 0 Å². The van der Waals surface area contributed by atoms with Crippen LogP contribution in [0.15, 0.2) is 24.3 Å². The van der Waals surface area contributed by atoms with Crippen molar-refractivity contribution in [3.8, 4) is 11.1 Å². The monoisotopic (exact) mass is 432 g/mol. The summed E-state index contributed by atoms with van der Waals surface area (Å²) in [5.41, 5.74) is 12.7. The molecule has 1 heterocycles. The van der Waals surface area contributed by atoms with Gasteiger partial charge in [0.2, 0.25) is 0 Å². The lowest BCUT2D eigenvalue weighted by Crippen LogP contribution is -2.15. The molecule has 0 amide bonds. The fourth-order valence-corrected chi connectivity index (χ4v) is 4.01. The molecule has 4 nitrogen and oxygen atoms in total. The van der Waals surface area contributed by atoms with Crippen molar-refractivity contribution in [2.24, 2.45) is 11.7 Å². The highest BCUT2D eigenvalue weighted by Gasteiger charge is 2.21. The SMILES string of the molecule is Cc1ccc(-c2c(CS(C)(=O)=O)c(C)nc(CC(C)C)c2CN)cc1.Cl.Cl. The van der Waals surface area contributed by atoms with E-state index in [0.29, 0.717) is 12.5 Å². The standard InChI is InChI=1S/C20H28N2O2S.2ClH/c1-13(2)10-19-17(11-21)20(16-8-6-14(3)7-9-16)18(15(4)22-19)12-25(5,23)24;;/h6-9,13H,10-12,21H2,1-5H3;2*1H. The van der Waals surface area contributed by atoms with Crippen molar-refractivity contribution in [2.75, 3.05) is 6.26 Å². The Morgan fingerprint density at radius 2 is 1.59 bits per heavy atom. The van der Waals surface area contributed by atoms with Gasteiger partial charge in [0, 0.05) is 24.2 Å². The summed E-state index contributed by atoms with van der Waals surface area (Å²) in [6.45, 7) is 8.56. The third-order valence-electron chi connectivity index (χ3n) is 4.24. The molecule has 0 saturated heterocycles. The summed E-state index contributed by atoms with van der Waals surface area (Å²) in [5, 5.41) is 0. The van der Waals surface area contributed by atoms with Crippen LogP contribution in [0.4, 0.5) is 0 Å². The van der Waals surface area contributed by atoms with Gasteiger partial charge in [0.05, 0.1) is 5.75 Å². The van der Waals surface area contributed by atoms with Gasteiger partial charge in [0.15, 0.2) is 9.84 Å². The van der Waals surface area contributed by atoms with E-state index in [0.717, 1.165) is 45.6 Å². The van der Waals surface area contributed by atoms with E-state index in [1.54, 1.807) is 0 Å². The van der Waals surface area contributed by atoms with E-state index in [4.69, 9.17) is 10.7 Å². The first-order chi connectivity index (χ1) is 11.6. The predicted molar refractivity (Wildman–Crippen MR) is 119 cm³/mol. The minimum Gasteiger partial charge on any atom is -0.326 e. The molecule has 0 saturated carbocycles. The third kappa shape index (κ3) is 6.75. The van der Waals surface area contributed by atoms with Gasteiger partial charge in [-0.25, -0.2) is 8.42 Å². The first kappa shape index (κ1) is 25.9. The summed E-state index contributed by atoms with van der Waals surface area (Å²) in [6, 6.07) is 8.15. The number of benzene rings is 1. The van der Waals surface area contributed by atoms with Crippen LogP contribution in [0.25, 0.3) is 11.1 Å². The zero-order chi connectivity index (χ0) is 18.8. The zero-order valence-corrected chi connectivity index (χ0v) is 19.0. The Morgan fingerprint density at radius 1 is 1.04 bits per heavy atom. The molecule has 0 spiro atoms. The largest absolute Gasteiger partial charge is 0.326 e. The minimum atomic E-state index is -3.18. The van der Waals surface area contributed by atoms with Gasteiger partial charge in [-0.2, -0.15) is 0 Å². The smallest absolute Gasteiger partial charge is 0.151 e. The van der Waals surface area contributed by atoms with Gasteiger partial charge in [-0.1, -0.05) is 43.7 Å². The fraction of sp³-hybridized carbons (Fsp3) is 0.450. The van der Waals surface area contributed by atoms with Crippen molar-refractivity contribution in [1.29, 1.82) is 0 Å². The zero-order valence-electron chi connectivity index (χ0n) is 16.6. The quantitative estimate of drug-likeness (QED) is 0.733. The van der Waals surface area contributed by atoms with E-state index in [1.807, 2.05) is 38.1 Å². The average Bonchev–Trinajstić information content (AvgIpc) is 2.49. The number of aryl methyl sites for hydroxylation is 2. The minimum absolute atomic E-state index is 0. The molecule has 1 aromatic heterocycles. The van der Waals surface area contributed by atoms with Crippen molar-refractivity contribution >= 4 is 34.7 Å². The summed E-state index contributed by atoms with van der Waals surface area (Å²) in [4.78, 5) is 4.73. The van der Waals surface area contributed by atoms with E-state index >= 15 is 0 Å².